The first kappa shape index (κ1) is 18.0. The number of carbonyl (C=O) groups is 1. The van der Waals surface area contributed by atoms with Crippen LogP contribution >= 0.6 is 11.3 Å². The minimum Gasteiger partial charge on any atom is -0.382 e. The molecule has 7 heteroatoms. The van der Waals surface area contributed by atoms with Gasteiger partial charge in [-0.05, 0) is 19.9 Å². The number of anilines is 1. The van der Waals surface area contributed by atoms with Gasteiger partial charge in [0.1, 0.15) is 0 Å². The van der Waals surface area contributed by atoms with Gasteiger partial charge in [0.05, 0.1) is 18.9 Å². The zero-order chi connectivity index (χ0) is 15.5. The van der Waals surface area contributed by atoms with Crippen LogP contribution in [-0.4, -0.2) is 50.9 Å². The molecule has 0 aliphatic rings. The van der Waals surface area contributed by atoms with Crippen molar-refractivity contribution in [3.63, 3.8) is 0 Å². The predicted octanol–water partition coefficient (Wildman–Crippen LogP) is 1.66. The SMILES string of the molecule is CCN(C(C)=O)c1nc(CNCCCOCCOC)cs1. The van der Waals surface area contributed by atoms with E-state index in [0.717, 1.165) is 30.4 Å². The maximum atomic E-state index is 11.4. The monoisotopic (exact) mass is 315 g/mol. The van der Waals surface area contributed by atoms with E-state index in [2.05, 4.69) is 10.3 Å². The molecule has 0 fully saturated rings. The van der Waals surface area contributed by atoms with Crippen molar-refractivity contribution in [1.29, 1.82) is 0 Å². The highest BCUT2D eigenvalue weighted by molar-refractivity contribution is 7.14. The van der Waals surface area contributed by atoms with Crippen LogP contribution in [0.5, 0.6) is 0 Å². The number of carbonyl (C=O) groups excluding carboxylic acids is 1. The van der Waals surface area contributed by atoms with E-state index in [9.17, 15) is 4.79 Å². The van der Waals surface area contributed by atoms with Crippen LogP contribution in [0.15, 0.2) is 5.38 Å². The normalized spacial score (nSPS) is 10.8. The third-order valence-electron chi connectivity index (χ3n) is 2.85. The third-order valence-corrected chi connectivity index (χ3v) is 3.76. The summed E-state index contributed by atoms with van der Waals surface area (Å²) >= 11 is 1.50. The van der Waals surface area contributed by atoms with Crippen LogP contribution in [0.25, 0.3) is 0 Å². The van der Waals surface area contributed by atoms with Crippen molar-refractivity contribution in [3.05, 3.63) is 11.1 Å². The summed E-state index contributed by atoms with van der Waals surface area (Å²) in [5, 5.41) is 6.08. The summed E-state index contributed by atoms with van der Waals surface area (Å²) in [6, 6.07) is 0. The fourth-order valence-electron chi connectivity index (χ4n) is 1.75. The first-order chi connectivity index (χ1) is 10.2. The second-order valence-corrected chi connectivity index (χ2v) is 5.36. The van der Waals surface area contributed by atoms with Gasteiger partial charge in [0, 0.05) is 39.1 Å². The van der Waals surface area contributed by atoms with E-state index in [4.69, 9.17) is 9.47 Å². The Labute approximate surface area is 130 Å². The first-order valence-electron chi connectivity index (χ1n) is 7.19. The molecule has 1 aromatic rings. The number of hydrogen-bond acceptors (Lipinski definition) is 6. The summed E-state index contributed by atoms with van der Waals surface area (Å²) in [7, 11) is 1.67. The first-order valence-corrected chi connectivity index (χ1v) is 8.06. The molecular formula is C14H25N3O3S. The second kappa shape index (κ2) is 10.7. The quantitative estimate of drug-likeness (QED) is 0.629. The molecular weight excluding hydrogens is 290 g/mol. The molecule has 0 aliphatic heterocycles. The van der Waals surface area contributed by atoms with Crippen LogP contribution in [0.2, 0.25) is 0 Å². The molecule has 0 spiro atoms. The van der Waals surface area contributed by atoms with Gasteiger partial charge in [-0.25, -0.2) is 4.98 Å². The summed E-state index contributed by atoms with van der Waals surface area (Å²) in [4.78, 5) is 17.6. The maximum Gasteiger partial charge on any atom is 0.225 e. The Balaban J connectivity index is 2.19. The zero-order valence-electron chi connectivity index (χ0n) is 13.1. The van der Waals surface area contributed by atoms with Crippen LogP contribution in [0.3, 0.4) is 0 Å². The Morgan fingerprint density at radius 2 is 2.24 bits per heavy atom. The van der Waals surface area contributed by atoms with Crippen molar-refractivity contribution in [2.45, 2.75) is 26.8 Å². The molecule has 1 rings (SSSR count). The van der Waals surface area contributed by atoms with Crippen LogP contribution in [0, 0.1) is 0 Å². The number of rotatable bonds is 11. The Morgan fingerprint density at radius 3 is 2.90 bits per heavy atom. The highest BCUT2D eigenvalue weighted by Gasteiger charge is 2.12. The predicted molar refractivity (Wildman–Crippen MR) is 84.8 cm³/mol. The molecule has 0 radical (unpaired) electrons. The number of hydrogen-bond donors (Lipinski definition) is 1. The molecule has 0 saturated carbocycles. The zero-order valence-corrected chi connectivity index (χ0v) is 13.9. The van der Waals surface area contributed by atoms with E-state index < -0.39 is 0 Å². The molecule has 21 heavy (non-hydrogen) atoms. The van der Waals surface area contributed by atoms with Crippen molar-refractivity contribution in [1.82, 2.24) is 10.3 Å². The largest absolute Gasteiger partial charge is 0.382 e. The number of amides is 1. The van der Waals surface area contributed by atoms with Crippen LogP contribution in [-0.2, 0) is 20.8 Å². The Hall–Kier alpha value is -1.02. The lowest BCUT2D eigenvalue weighted by molar-refractivity contribution is -0.116. The van der Waals surface area contributed by atoms with Crippen molar-refractivity contribution in [2.24, 2.45) is 0 Å². The highest BCUT2D eigenvalue weighted by atomic mass is 32.1. The second-order valence-electron chi connectivity index (χ2n) is 4.52. The summed E-state index contributed by atoms with van der Waals surface area (Å²) in [5.41, 5.74) is 0.968. The lowest BCUT2D eigenvalue weighted by Gasteiger charge is -2.14. The van der Waals surface area contributed by atoms with Gasteiger partial charge in [-0.3, -0.25) is 9.69 Å². The fraction of sp³-hybridized carbons (Fsp3) is 0.714. The van der Waals surface area contributed by atoms with Crippen molar-refractivity contribution >= 4 is 22.4 Å². The molecule has 0 saturated heterocycles. The number of nitrogens with zero attached hydrogens (tertiary/aromatic N) is 2. The summed E-state index contributed by atoms with van der Waals surface area (Å²) in [6.45, 7) is 7.76. The van der Waals surface area contributed by atoms with Crippen molar-refractivity contribution < 1.29 is 14.3 Å². The van der Waals surface area contributed by atoms with Crippen LogP contribution < -0.4 is 10.2 Å². The number of nitrogens with one attached hydrogen (secondary N) is 1. The van der Waals surface area contributed by atoms with Gasteiger partial charge in [0.25, 0.3) is 0 Å². The number of ether oxygens (including phenoxy) is 2. The topological polar surface area (TPSA) is 63.7 Å². The Bertz CT molecular complexity index is 412. The molecule has 1 aromatic heterocycles. The number of methoxy groups -OCH3 is 1. The molecule has 0 unspecified atom stereocenters. The number of thiazole rings is 1. The molecule has 0 aliphatic carbocycles. The van der Waals surface area contributed by atoms with Crippen molar-refractivity contribution in [3.8, 4) is 0 Å². The average Bonchev–Trinajstić information content (AvgIpc) is 2.91. The van der Waals surface area contributed by atoms with Gasteiger partial charge in [0.15, 0.2) is 5.13 Å². The smallest absolute Gasteiger partial charge is 0.225 e. The van der Waals surface area contributed by atoms with Gasteiger partial charge in [-0.1, -0.05) is 0 Å². The lowest BCUT2D eigenvalue weighted by Crippen LogP contribution is -2.27. The summed E-state index contributed by atoms with van der Waals surface area (Å²) in [6.07, 6.45) is 0.954. The average molecular weight is 315 g/mol. The van der Waals surface area contributed by atoms with Gasteiger partial charge >= 0.3 is 0 Å². The van der Waals surface area contributed by atoms with E-state index in [1.165, 1.54) is 11.3 Å². The van der Waals surface area contributed by atoms with Gasteiger partial charge < -0.3 is 14.8 Å². The minimum absolute atomic E-state index is 0.0274. The molecule has 6 nitrogen and oxygen atoms in total. The van der Waals surface area contributed by atoms with E-state index >= 15 is 0 Å². The number of aromatic nitrogens is 1. The van der Waals surface area contributed by atoms with E-state index in [-0.39, 0.29) is 5.91 Å². The standard InChI is InChI=1S/C14H25N3O3S/c1-4-17(12(2)18)14-16-13(11-21-14)10-15-6-5-7-20-9-8-19-3/h11,15H,4-10H2,1-3H3. The van der Waals surface area contributed by atoms with E-state index in [1.807, 2.05) is 12.3 Å². The van der Waals surface area contributed by atoms with Crippen molar-refractivity contribution in [2.75, 3.05) is 44.9 Å². The van der Waals surface area contributed by atoms with E-state index in [0.29, 0.717) is 26.3 Å². The highest BCUT2D eigenvalue weighted by Crippen LogP contribution is 2.20. The third kappa shape index (κ3) is 6.99. The lowest BCUT2D eigenvalue weighted by atomic mass is 10.4. The molecule has 0 aromatic carbocycles. The molecule has 120 valence electrons. The van der Waals surface area contributed by atoms with Gasteiger partial charge in [-0.15, -0.1) is 11.3 Å². The van der Waals surface area contributed by atoms with Gasteiger partial charge in [-0.2, -0.15) is 0 Å². The van der Waals surface area contributed by atoms with Crippen LogP contribution in [0.1, 0.15) is 26.0 Å². The van der Waals surface area contributed by atoms with Gasteiger partial charge in [0.2, 0.25) is 5.91 Å². The molecule has 0 bridgehead atoms. The van der Waals surface area contributed by atoms with Crippen LogP contribution in [0.4, 0.5) is 5.13 Å². The summed E-state index contributed by atoms with van der Waals surface area (Å²) < 4.78 is 10.3. The fourth-order valence-corrected chi connectivity index (χ4v) is 2.69. The minimum atomic E-state index is 0.0274. The molecule has 1 amide bonds. The molecule has 1 N–H and O–H groups in total. The van der Waals surface area contributed by atoms with E-state index in [1.54, 1.807) is 18.9 Å². The molecule has 1 heterocycles. The maximum absolute atomic E-state index is 11.4. The summed E-state index contributed by atoms with van der Waals surface area (Å²) in [5.74, 6) is 0.0274. The Morgan fingerprint density at radius 1 is 1.43 bits per heavy atom. The Kier molecular flexibility index (Phi) is 9.16. The molecule has 0 atom stereocenters.